The van der Waals surface area contributed by atoms with Gasteiger partial charge in [0, 0.05) is 42.6 Å². The lowest BCUT2D eigenvalue weighted by molar-refractivity contribution is -0.115. The maximum atomic E-state index is 13.8. The van der Waals surface area contributed by atoms with Crippen LogP contribution in [0.4, 0.5) is 14.6 Å². The molecular weight excluding hydrogens is 564 g/mol. The molecule has 1 spiro atoms. The topological polar surface area (TPSA) is 134 Å². The molecule has 6 rings (SSSR count). The largest absolute Gasteiger partial charge is 0.486 e. The van der Waals surface area contributed by atoms with Gasteiger partial charge in [-0.25, -0.2) is 4.79 Å². The van der Waals surface area contributed by atoms with Gasteiger partial charge in [0.25, 0.3) is 17.1 Å². The minimum atomic E-state index is -0.715. The summed E-state index contributed by atoms with van der Waals surface area (Å²) in [5, 5.41) is 8.63. The van der Waals surface area contributed by atoms with Gasteiger partial charge in [0.1, 0.15) is 16.4 Å². The van der Waals surface area contributed by atoms with Crippen molar-refractivity contribution in [2.45, 2.75) is 31.8 Å². The Balaban J connectivity index is 1.19. The molecule has 2 saturated heterocycles. The molecule has 2 aromatic carbocycles. The van der Waals surface area contributed by atoms with Crippen molar-refractivity contribution in [3.63, 3.8) is 0 Å². The number of ether oxygens (including phenoxy) is 1. The number of piperidine rings is 1. The Labute approximate surface area is 243 Å². The molecule has 210 valence electrons. The smallest absolute Gasteiger partial charge is 0.319 e. The molecule has 0 atom stereocenters. The Morgan fingerprint density at radius 2 is 1.90 bits per heavy atom. The Morgan fingerprint density at radius 1 is 1.12 bits per heavy atom. The van der Waals surface area contributed by atoms with Crippen molar-refractivity contribution in [3.05, 3.63) is 64.1 Å². The molecule has 3 aromatic rings. The van der Waals surface area contributed by atoms with E-state index in [1.165, 1.54) is 11.3 Å². The summed E-state index contributed by atoms with van der Waals surface area (Å²) in [7, 11) is 0. The van der Waals surface area contributed by atoms with Crippen LogP contribution in [0.1, 0.15) is 52.5 Å². The number of urea groups is 1. The quantitative estimate of drug-likeness (QED) is 0.364. The highest BCUT2D eigenvalue weighted by atomic mass is 32.2. The first kappa shape index (κ1) is 27.0. The van der Waals surface area contributed by atoms with Crippen molar-refractivity contribution in [1.29, 1.82) is 0 Å². The van der Waals surface area contributed by atoms with Crippen LogP contribution in [0.5, 0.6) is 5.75 Å². The highest BCUT2D eigenvalue weighted by Crippen LogP contribution is 2.42. The summed E-state index contributed by atoms with van der Waals surface area (Å²) < 4.78 is 7.31. The number of anilines is 1. The molecule has 2 fully saturated rings. The van der Waals surface area contributed by atoms with Crippen LogP contribution in [0.15, 0.2) is 47.4 Å². The molecule has 1 aromatic heterocycles. The highest BCUT2D eigenvalue weighted by Gasteiger charge is 2.44. The monoisotopic (exact) mass is 590 g/mol. The average Bonchev–Trinajstić information content (AvgIpc) is 3.46. The molecule has 0 aliphatic carbocycles. The van der Waals surface area contributed by atoms with Gasteiger partial charge in [-0.3, -0.25) is 29.8 Å². The number of Topliss-reactive ketones (excluding diaryl/α,β-unsaturated/α-hetero) is 1. The number of nitrogens with zero attached hydrogens (tertiary/aromatic N) is 1. The molecule has 10 nitrogen and oxygen atoms in total. The standard InChI is InChI=1S/C29H26N4O6S2/c1-2-30-27(37)32-25-23(17-5-3-4-6-21(17)40-25)26(36)33-11-9-29(10-12-33)15-19(34)18-13-16(7-8-20(18)39-29)14-22-24(35)31-28(38)41-22/h3-8,13-14H,2,9-12,15H2,1H3,(H2,30,32,37)(H,31,35,38). The molecule has 41 heavy (non-hydrogen) atoms. The summed E-state index contributed by atoms with van der Waals surface area (Å²) in [5.74, 6) is -0.220. The van der Waals surface area contributed by atoms with Crippen molar-refractivity contribution in [2.75, 3.05) is 25.0 Å². The molecule has 3 aliphatic heterocycles. The minimum absolute atomic E-state index is 0.0665. The third kappa shape index (κ3) is 5.20. The number of ketones is 1. The van der Waals surface area contributed by atoms with E-state index in [1.54, 1.807) is 29.2 Å². The molecule has 3 N–H and O–H groups in total. The summed E-state index contributed by atoms with van der Waals surface area (Å²) >= 11 is 2.18. The van der Waals surface area contributed by atoms with E-state index in [2.05, 4.69) is 16.0 Å². The number of hydrogen-bond donors (Lipinski definition) is 3. The lowest BCUT2D eigenvalue weighted by Gasteiger charge is -2.44. The number of benzene rings is 2. The maximum absolute atomic E-state index is 13.8. The number of hydrogen-bond acceptors (Lipinski definition) is 8. The van der Waals surface area contributed by atoms with Gasteiger partial charge >= 0.3 is 6.03 Å². The van der Waals surface area contributed by atoms with Crippen LogP contribution in [-0.2, 0) is 4.79 Å². The van der Waals surface area contributed by atoms with Crippen LogP contribution in [0.25, 0.3) is 16.2 Å². The van der Waals surface area contributed by atoms with Crippen LogP contribution in [0, 0.1) is 0 Å². The molecular formula is C29H26N4O6S2. The van der Waals surface area contributed by atoms with Crippen molar-refractivity contribution < 1.29 is 28.7 Å². The third-order valence-corrected chi connectivity index (χ3v) is 9.29. The lowest BCUT2D eigenvalue weighted by atomic mass is 9.82. The van der Waals surface area contributed by atoms with Gasteiger partial charge in [0.05, 0.1) is 22.5 Å². The zero-order valence-corrected chi connectivity index (χ0v) is 23.7. The summed E-state index contributed by atoms with van der Waals surface area (Å²) in [6.07, 6.45) is 2.73. The number of imide groups is 1. The minimum Gasteiger partial charge on any atom is -0.486 e. The normalized spacial score (nSPS) is 18.8. The Morgan fingerprint density at radius 3 is 2.63 bits per heavy atom. The number of carbonyl (C=O) groups is 5. The third-order valence-electron chi connectivity index (χ3n) is 7.39. The average molecular weight is 591 g/mol. The van der Waals surface area contributed by atoms with E-state index in [9.17, 15) is 24.0 Å². The first-order valence-electron chi connectivity index (χ1n) is 13.2. The van der Waals surface area contributed by atoms with Gasteiger partial charge < -0.3 is 15.0 Å². The van der Waals surface area contributed by atoms with Crippen LogP contribution >= 0.6 is 23.1 Å². The number of thiophene rings is 1. The van der Waals surface area contributed by atoms with Gasteiger partial charge in [-0.2, -0.15) is 0 Å². The Bertz CT molecular complexity index is 1650. The van der Waals surface area contributed by atoms with E-state index in [0.717, 1.165) is 21.8 Å². The predicted molar refractivity (Wildman–Crippen MR) is 158 cm³/mol. The van der Waals surface area contributed by atoms with Crippen LogP contribution in [0.3, 0.4) is 0 Å². The summed E-state index contributed by atoms with van der Waals surface area (Å²) in [6.45, 7) is 3.09. The summed E-state index contributed by atoms with van der Waals surface area (Å²) in [5.41, 5.74) is 0.817. The van der Waals surface area contributed by atoms with Gasteiger partial charge in [-0.1, -0.05) is 24.3 Å². The van der Waals surface area contributed by atoms with Gasteiger partial charge in [0.2, 0.25) is 0 Å². The van der Waals surface area contributed by atoms with E-state index < -0.39 is 16.7 Å². The number of amides is 5. The van der Waals surface area contributed by atoms with E-state index in [4.69, 9.17) is 4.74 Å². The van der Waals surface area contributed by atoms with E-state index in [1.807, 2.05) is 31.2 Å². The van der Waals surface area contributed by atoms with Crippen LogP contribution in [-0.4, -0.2) is 59.0 Å². The second kappa shape index (κ2) is 10.7. The van der Waals surface area contributed by atoms with Crippen molar-refractivity contribution >= 4 is 73.1 Å². The zero-order chi connectivity index (χ0) is 28.7. The van der Waals surface area contributed by atoms with Gasteiger partial charge in [0.15, 0.2) is 5.78 Å². The Hall–Kier alpha value is -4.16. The molecule has 0 saturated carbocycles. The van der Waals surface area contributed by atoms with E-state index in [-0.39, 0.29) is 29.0 Å². The number of nitrogens with one attached hydrogen (secondary N) is 3. The number of likely N-dealkylation sites (tertiary alicyclic amines) is 1. The van der Waals surface area contributed by atoms with E-state index in [0.29, 0.717) is 59.9 Å². The second-order valence-electron chi connectivity index (χ2n) is 10.1. The van der Waals surface area contributed by atoms with Gasteiger partial charge in [-0.15, -0.1) is 11.3 Å². The molecule has 5 amide bonds. The summed E-state index contributed by atoms with van der Waals surface area (Å²) in [6, 6.07) is 12.4. The number of fused-ring (bicyclic) bond motifs is 2. The Kier molecular flexibility index (Phi) is 7.04. The van der Waals surface area contributed by atoms with Crippen LogP contribution in [0.2, 0.25) is 0 Å². The van der Waals surface area contributed by atoms with Crippen LogP contribution < -0.4 is 20.7 Å². The van der Waals surface area contributed by atoms with Gasteiger partial charge in [-0.05, 0) is 48.5 Å². The maximum Gasteiger partial charge on any atom is 0.319 e. The predicted octanol–water partition coefficient (Wildman–Crippen LogP) is 5.01. The molecule has 0 bridgehead atoms. The van der Waals surface area contributed by atoms with Crippen molar-refractivity contribution in [1.82, 2.24) is 15.5 Å². The molecule has 3 aliphatic rings. The first-order chi connectivity index (χ1) is 19.7. The number of rotatable bonds is 4. The fourth-order valence-corrected chi connectivity index (χ4v) is 7.15. The number of carbonyl (C=O) groups excluding carboxylic acids is 5. The van der Waals surface area contributed by atoms with E-state index >= 15 is 0 Å². The molecule has 0 radical (unpaired) electrons. The first-order valence-corrected chi connectivity index (χ1v) is 14.9. The lowest BCUT2D eigenvalue weighted by Crippen LogP contribution is -2.52. The fraction of sp³-hybridized carbons (Fsp3) is 0.276. The molecule has 0 unspecified atom stereocenters. The zero-order valence-electron chi connectivity index (χ0n) is 22.1. The molecule has 12 heteroatoms. The fourth-order valence-electron chi connectivity index (χ4n) is 5.38. The highest BCUT2D eigenvalue weighted by molar-refractivity contribution is 8.18. The van der Waals surface area contributed by atoms with Crippen molar-refractivity contribution in [2.24, 2.45) is 0 Å². The molecule has 4 heterocycles. The summed E-state index contributed by atoms with van der Waals surface area (Å²) in [4.78, 5) is 64.7. The second-order valence-corrected chi connectivity index (χ2v) is 12.1. The van der Waals surface area contributed by atoms with Crippen molar-refractivity contribution in [3.8, 4) is 5.75 Å². The number of thioether (sulfide) groups is 1. The SMILES string of the molecule is CCNC(=O)Nc1sc2ccccc2c1C(=O)N1CCC2(CC1)CC(=O)c1cc(C=C3SC(=O)NC3=O)ccc1O2.